The van der Waals surface area contributed by atoms with Crippen molar-refractivity contribution in [2.24, 2.45) is 0 Å². The second-order valence-electron chi connectivity index (χ2n) is 25.5. The molecule has 10 rings (SSSR count). The Bertz CT molecular complexity index is 4530. The third-order valence-corrected chi connectivity index (χ3v) is 14.4. The maximum absolute atomic E-state index is 10.6. The first-order chi connectivity index (χ1) is 43.2. The molecule has 73 heavy (non-hydrogen) atoms. The molecular formula is C68H78BN3S. The molecule has 0 bridgehead atoms. The molecule has 0 spiro atoms. The summed E-state index contributed by atoms with van der Waals surface area (Å²) >= 11 is 0.950. The van der Waals surface area contributed by atoms with Gasteiger partial charge in [-0.15, -0.1) is 11.3 Å². The average molecular weight is 1000 g/mol. The maximum Gasteiger partial charge on any atom is 0.264 e. The second kappa shape index (κ2) is 17.3. The summed E-state index contributed by atoms with van der Waals surface area (Å²) < 4.78 is 220. The van der Waals surface area contributed by atoms with Crippen LogP contribution in [0.2, 0.25) is 0 Å². The smallest absolute Gasteiger partial charge is 0.264 e. The lowest BCUT2D eigenvalue weighted by Crippen LogP contribution is -2.60. The van der Waals surface area contributed by atoms with Crippen LogP contribution in [0.25, 0.3) is 10.1 Å². The molecule has 1 aromatic heterocycles. The Kier molecular flexibility index (Phi) is 7.18. The predicted octanol–water partition coefficient (Wildman–Crippen LogP) is 18.2. The highest BCUT2D eigenvalue weighted by molar-refractivity contribution is 7.33. The van der Waals surface area contributed by atoms with E-state index < -0.39 is 171 Å². The number of fused-ring (bicyclic) bond motifs is 6. The van der Waals surface area contributed by atoms with Gasteiger partial charge in [0.05, 0.1) is 41.5 Å². The Morgan fingerprint density at radius 1 is 0.397 bits per heavy atom. The van der Waals surface area contributed by atoms with Crippen LogP contribution in [0, 0.1) is 0 Å². The van der Waals surface area contributed by atoms with Crippen molar-refractivity contribution >= 4 is 95.0 Å². The number of hydrogen-bond acceptors (Lipinski definition) is 4. The summed E-state index contributed by atoms with van der Waals surface area (Å²) in [6.07, 6.45) is 0. The zero-order chi connectivity index (χ0) is 71.7. The van der Waals surface area contributed by atoms with Gasteiger partial charge in [-0.1, -0.05) is 191 Å². The van der Waals surface area contributed by atoms with Crippen molar-refractivity contribution in [3.8, 4) is 0 Å². The van der Waals surface area contributed by atoms with Crippen molar-refractivity contribution in [2.45, 2.75) is 157 Å². The van der Waals surface area contributed by atoms with Crippen molar-refractivity contribution < 1.29 is 30.2 Å². The molecule has 2 aliphatic heterocycles. The molecule has 0 fully saturated rings. The third-order valence-electron chi connectivity index (χ3n) is 13.3. The minimum atomic E-state index is -1.42. The molecule has 0 saturated carbocycles. The van der Waals surface area contributed by atoms with Gasteiger partial charge in [-0.2, -0.15) is 0 Å². The van der Waals surface area contributed by atoms with Gasteiger partial charge in [-0.05, 0) is 155 Å². The SMILES string of the molecule is [2H]c1c([2H])c(C(C)(C)C)c([2H])c([2H])c1N(c1cc2c3c(c1)N(c1c([2H])c([2H])c(C(C)(C)C)c([2H])c1[2H])c1c(sc4c([2H])c([2H])c(C(C)(C)C)c([2H])c14)B3c1c([2H])c(C(C)(C)C)c([2H])c([2H])c1N2c1c([2H])c([2H])c(C(C)(C)C)c([2H])c1[2H])c1c([2H])c([2H])c(C(C)(C)C)c([2H])c1[2H]. The van der Waals surface area contributed by atoms with E-state index in [2.05, 4.69) is 0 Å². The molecule has 3 nitrogen and oxygen atoms in total. The Labute approximate surface area is 474 Å². The summed E-state index contributed by atoms with van der Waals surface area (Å²) in [6, 6.07) is -8.81. The van der Waals surface area contributed by atoms with E-state index in [0.29, 0.717) is 0 Å². The van der Waals surface area contributed by atoms with Crippen LogP contribution < -0.4 is 30.4 Å². The molecule has 0 radical (unpaired) electrons. The first kappa shape index (κ1) is 30.4. The van der Waals surface area contributed by atoms with Crippen molar-refractivity contribution in [1.29, 1.82) is 0 Å². The normalized spacial score (nSPS) is 18.3. The lowest BCUT2D eigenvalue weighted by molar-refractivity contribution is 0.590. The van der Waals surface area contributed by atoms with Crippen LogP contribution in [-0.2, 0) is 32.5 Å². The van der Waals surface area contributed by atoms with Crippen LogP contribution in [-0.4, -0.2) is 6.71 Å². The first-order valence-corrected chi connectivity index (χ1v) is 25.8. The Hall–Kier alpha value is -6.04. The van der Waals surface area contributed by atoms with Crippen LogP contribution in [0.3, 0.4) is 0 Å². The number of anilines is 9. The van der Waals surface area contributed by atoms with Gasteiger partial charge < -0.3 is 14.7 Å². The predicted molar refractivity (Wildman–Crippen MR) is 323 cm³/mol. The Morgan fingerprint density at radius 3 is 1.21 bits per heavy atom. The first-order valence-electron chi connectivity index (χ1n) is 35.9. The van der Waals surface area contributed by atoms with E-state index in [1.165, 1.54) is 21.9 Å². The minimum Gasteiger partial charge on any atom is -0.311 e. The van der Waals surface area contributed by atoms with Gasteiger partial charge in [-0.25, -0.2) is 0 Å². The van der Waals surface area contributed by atoms with Gasteiger partial charge in [0, 0.05) is 54.7 Å². The third kappa shape index (κ3) is 9.13. The molecule has 0 amide bonds. The fourth-order valence-electron chi connectivity index (χ4n) is 8.94. The molecule has 0 atom stereocenters. The van der Waals surface area contributed by atoms with E-state index in [0.717, 1.165) is 16.2 Å². The summed E-state index contributed by atoms with van der Waals surface area (Å²) in [5, 5.41) is 0.00367. The van der Waals surface area contributed by atoms with E-state index in [-0.39, 0.29) is 112 Å². The molecule has 3 heterocycles. The molecule has 0 N–H and O–H groups in total. The van der Waals surface area contributed by atoms with Crippen molar-refractivity contribution in [3.63, 3.8) is 0 Å². The van der Waals surface area contributed by atoms with Crippen LogP contribution >= 0.6 is 11.3 Å². The summed E-state index contributed by atoms with van der Waals surface area (Å²) in [7, 11) is 0. The van der Waals surface area contributed by atoms with Crippen LogP contribution in [0.1, 0.15) is 188 Å². The van der Waals surface area contributed by atoms with E-state index in [1.54, 1.807) is 125 Å². The Balaban J connectivity index is 1.61. The van der Waals surface area contributed by atoms with Crippen LogP contribution in [0.15, 0.2) is 145 Å². The molecule has 374 valence electrons. The number of benzene rings is 7. The van der Waals surface area contributed by atoms with Gasteiger partial charge in [-0.3, -0.25) is 0 Å². The molecule has 2 aliphatic rings. The molecule has 8 aromatic rings. The van der Waals surface area contributed by atoms with E-state index in [9.17, 15) is 30.2 Å². The minimum absolute atomic E-state index is 0.00367. The second-order valence-corrected chi connectivity index (χ2v) is 26.6. The van der Waals surface area contributed by atoms with Crippen LogP contribution in [0.5, 0.6) is 0 Å². The quantitative estimate of drug-likeness (QED) is 0.159. The van der Waals surface area contributed by atoms with E-state index in [1.807, 2.05) is 0 Å². The zero-order valence-corrected chi connectivity index (χ0v) is 46.3. The number of hydrogen-bond donors (Lipinski definition) is 0. The van der Waals surface area contributed by atoms with Crippen molar-refractivity contribution in [2.75, 3.05) is 14.7 Å². The molecular weight excluding hydrogens is 902 g/mol. The molecule has 7 aromatic carbocycles. The van der Waals surface area contributed by atoms with Gasteiger partial charge >= 0.3 is 0 Å². The fourth-order valence-corrected chi connectivity index (χ4v) is 10.2. The number of rotatable bonds is 5. The summed E-state index contributed by atoms with van der Waals surface area (Å²) in [4.78, 5) is 3.63. The highest BCUT2D eigenvalue weighted by atomic mass is 32.1. The van der Waals surface area contributed by atoms with Gasteiger partial charge in [0.15, 0.2) is 0 Å². The lowest BCUT2D eigenvalue weighted by atomic mass is 9.36. The molecule has 0 saturated heterocycles. The zero-order valence-electron chi connectivity index (χ0n) is 67.5. The van der Waals surface area contributed by atoms with Gasteiger partial charge in [0.25, 0.3) is 6.71 Å². The standard InChI is InChI=1S/C68H78BN3S/c1-63(2,3)43-19-29-49(30-20-43)70(50-31-21-44(22-32-50)64(4,5)6)53-41-57-60-58(42-53)72(52-35-25-46(26-36-52)66(10,11)12)61-54-39-47(67(13,14)15)28-38-59(54)73-62(61)69(60)55-40-48(68(16,17)18)27-37-56(55)71(57)51-33-23-45(24-34-51)65(7,8)9/h19-42H,1-18H3/i19D,20D,21D,22D,23D,24D,25D,26D,27D,28D,29D,30D,31D,32D,33D,34D,35D,36D,37D,38D,39D,40D. The van der Waals surface area contributed by atoms with Gasteiger partial charge in [0.2, 0.25) is 0 Å². The van der Waals surface area contributed by atoms with Gasteiger partial charge in [0.1, 0.15) is 0 Å². The monoisotopic (exact) mass is 1000 g/mol. The maximum atomic E-state index is 10.6. The Morgan fingerprint density at radius 2 is 0.767 bits per heavy atom. The molecule has 0 aliphatic carbocycles. The summed E-state index contributed by atoms with van der Waals surface area (Å²) in [6.45, 7) is 29.7. The highest BCUT2D eigenvalue weighted by Gasteiger charge is 2.46. The largest absolute Gasteiger partial charge is 0.311 e. The van der Waals surface area contributed by atoms with Crippen molar-refractivity contribution in [1.82, 2.24) is 0 Å². The van der Waals surface area contributed by atoms with Crippen LogP contribution in [0.4, 0.5) is 51.2 Å². The van der Waals surface area contributed by atoms with Crippen molar-refractivity contribution in [3.05, 3.63) is 178 Å². The van der Waals surface area contributed by atoms with E-state index in [4.69, 9.17) is 0 Å². The topological polar surface area (TPSA) is 9.72 Å². The highest BCUT2D eigenvalue weighted by Crippen LogP contribution is 2.52. The lowest BCUT2D eigenvalue weighted by Gasteiger charge is -2.44. The molecule has 5 heteroatoms. The summed E-state index contributed by atoms with van der Waals surface area (Å²) in [5.74, 6) is 0. The molecule has 0 unspecified atom stereocenters. The fraction of sp³-hybridized carbons (Fsp3) is 0.353. The number of nitrogens with zero attached hydrogens (tertiary/aromatic N) is 3. The average Bonchev–Trinajstić information content (AvgIpc) is 1.66. The van der Waals surface area contributed by atoms with E-state index >= 15 is 0 Å². The number of thiophene rings is 1. The summed E-state index contributed by atoms with van der Waals surface area (Å²) in [5.41, 5.74) is -9.12.